The molecule has 1 atom stereocenters. The first kappa shape index (κ1) is 29.0. The second-order valence-electron chi connectivity index (χ2n) is 10.1. The van der Waals surface area contributed by atoms with Gasteiger partial charge >= 0.3 is 5.97 Å². The number of carbonyl (C=O) groups excluding carboxylic acids is 2. The van der Waals surface area contributed by atoms with E-state index in [1.807, 2.05) is 68.7 Å². The molecule has 0 saturated heterocycles. The fourth-order valence-corrected chi connectivity index (χ4v) is 4.82. The second kappa shape index (κ2) is 12.9. The third-order valence-corrected chi connectivity index (χ3v) is 7.09. The van der Waals surface area contributed by atoms with Crippen molar-refractivity contribution in [2.24, 2.45) is 4.99 Å². The molecule has 0 aliphatic carbocycles. The predicted molar refractivity (Wildman–Crippen MR) is 159 cm³/mol. The number of halogens is 1. The lowest BCUT2D eigenvalue weighted by Gasteiger charge is -2.18. The molecular formula is C31H33ClN4O4. The molecule has 0 spiro atoms. The van der Waals surface area contributed by atoms with Crippen LogP contribution in [0.15, 0.2) is 71.7 Å². The van der Waals surface area contributed by atoms with Gasteiger partial charge in [-0.05, 0) is 86.6 Å². The van der Waals surface area contributed by atoms with Gasteiger partial charge < -0.3 is 20.2 Å². The summed E-state index contributed by atoms with van der Waals surface area (Å²) < 4.78 is 0. The molecule has 0 fully saturated rings. The Morgan fingerprint density at radius 1 is 0.975 bits per heavy atom. The van der Waals surface area contributed by atoms with Gasteiger partial charge in [0.15, 0.2) is 0 Å². The van der Waals surface area contributed by atoms with Crippen molar-refractivity contribution in [1.82, 2.24) is 4.90 Å². The van der Waals surface area contributed by atoms with Crippen LogP contribution in [0.2, 0.25) is 5.02 Å². The van der Waals surface area contributed by atoms with Gasteiger partial charge in [-0.1, -0.05) is 41.9 Å². The zero-order valence-electron chi connectivity index (χ0n) is 22.9. The lowest BCUT2D eigenvalue weighted by atomic mass is 9.90. The Bertz CT molecular complexity index is 1420. The molecule has 1 heterocycles. The number of rotatable bonds is 11. The normalized spacial score (nSPS) is 14.7. The molecule has 1 unspecified atom stereocenters. The summed E-state index contributed by atoms with van der Waals surface area (Å²) in [6.45, 7) is 0.848. The Labute approximate surface area is 239 Å². The van der Waals surface area contributed by atoms with E-state index in [9.17, 15) is 14.4 Å². The van der Waals surface area contributed by atoms with Crippen molar-refractivity contribution < 1.29 is 19.5 Å². The largest absolute Gasteiger partial charge is 0.481 e. The number of benzene rings is 3. The van der Waals surface area contributed by atoms with Crippen molar-refractivity contribution in [3.63, 3.8) is 0 Å². The van der Waals surface area contributed by atoms with Crippen molar-refractivity contribution >= 4 is 52.2 Å². The van der Waals surface area contributed by atoms with Crippen molar-refractivity contribution in [3.8, 4) is 0 Å². The number of carboxylic acids is 1. The highest BCUT2D eigenvalue weighted by Crippen LogP contribution is 2.38. The summed E-state index contributed by atoms with van der Waals surface area (Å²) in [5.74, 6) is -1.67. The molecular weight excluding hydrogens is 528 g/mol. The highest BCUT2D eigenvalue weighted by Gasteiger charge is 2.35. The van der Waals surface area contributed by atoms with Crippen LogP contribution in [0, 0.1) is 0 Å². The summed E-state index contributed by atoms with van der Waals surface area (Å²) >= 11 is 6.17. The number of hydrogen-bond acceptors (Lipinski definition) is 5. The zero-order valence-corrected chi connectivity index (χ0v) is 23.6. The van der Waals surface area contributed by atoms with Crippen LogP contribution in [-0.4, -0.2) is 61.2 Å². The van der Waals surface area contributed by atoms with Crippen molar-refractivity contribution in [3.05, 3.63) is 88.4 Å². The highest BCUT2D eigenvalue weighted by atomic mass is 35.5. The van der Waals surface area contributed by atoms with Crippen LogP contribution in [0.4, 0.5) is 17.1 Å². The minimum Gasteiger partial charge on any atom is -0.481 e. The first-order valence-corrected chi connectivity index (χ1v) is 13.5. The molecule has 0 radical (unpaired) electrons. The van der Waals surface area contributed by atoms with Crippen LogP contribution in [0.3, 0.4) is 0 Å². The Hall–Kier alpha value is -4.01. The van der Waals surface area contributed by atoms with Gasteiger partial charge in [-0.2, -0.15) is 0 Å². The molecule has 3 aromatic rings. The van der Waals surface area contributed by atoms with Crippen LogP contribution in [0.25, 0.3) is 0 Å². The van der Waals surface area contributed by atoms with Crippen LogP contribution < -0.4 is 10.2 Å². The number of aliphatic carboxylic acids is 1. The number of carbonyl (C=O) groups is 3. The number of aliphatic imine (C=N–C) groups is 1. The van der Waals surface area contributed by atoms with Crippen molar-refractivity contribution in [2.75, 3.05) is 37.9 Å². The average Bonchev–Trinajstić information content (AvgIpc) is 3.25. The van der Waals surface area contributed by atoms with Crippen LogP contribution >= 0.6 is 11.6 Å². The summed E-state index contributed by atoms with van der Waals surface area (Å²) in [6.07, 6.45) is 1.70. The monoisotopic (exact) mass is 560 g/mol. The third-order valence-electron chi connectivity index (χ3n) is 6.85. The van der Waals surface area contributed by atoms with Gasteiger partial charge in [0.05, 0.1) is 11.4 Å². The lowest BCUT2D eigenvalue weighted by Crippen LogP contribution is -2.27. The molecule has 0 aromatic heterocycles. The minimum atomic E-state index is -0.853. The van der Waals surface area contributed by atoms with Gasteiger partial charge in [-0.3, -0.25) is 19.4 Å². The van der Waals surface area contributed by atoms with Crippen molar-refractivity contribution in [1.29, 1.82) is 0 Å². The fraction of sp³-hybridized carbons (Fsp3) is 0.290. The van der Waals surface area contributed by atoms with Crippen molar-refractivity contribution in [2.45, 2.75) is 31.6 Å². The van der Waals surface area contributed by atoms with Crippen LogP contribution in [0.5, 0.6) is 0 Å². The Morgan fingerprint density at radius 3 is 2.33 bits per heavy atom. The Morgan fingerprint density at radius 2 is 1.68 bits per heavy atom. The quantitative estimate of drug-likeness (QED) is 0.301. The van der Waals surface area contributed by atoms with Gasteiger partial charge in [-0.25, -0.2) is 0 Å². The maximum Gasteiger partial charge on any atom is 0.303 e. The number of carboxylic acid groups (broad SMARTS) is 1. The standard InChI is InChI=1S/C31H33ClN4O4/c1-35(2)18-4-5-27(37)36(3)24-14-12-23(13-15-24)33-30(21-9-6-20(7-10-21)8-17-28(38)39)29-25-16-11-22(32)19-26(25)34-31(29)40/h6-7,9-16,19,29H,4-5,8,17-18H2,1-3H3,(H,34,40)(H,38,39). The zero-order chi connectivity index (χ0) is 28.8. The minimum absolute atomic E-state index is 0.0401. The maximum absolute atomic E-state index is 13.2. The van der Waals surface area contributed by atoms with E-state index in [0.29, 0.717) is 35.0 Å². The van der Waals surface area contributed by atoms with Gasteiger partial charge in [0.2, 0.25) is 11.8 Å². The Kier molecular flexibility index (Phi) is 9.34. The number of hydrogen-bond donors (Lipinski definition) is 2. The number of amides is 2. The molecule has 8 nitrogen and oxygen atoms in total. The van der Waals surface area contributed by atoms with E-state index >= 15 is 0 Å². The number of nitrogens with zero attached hydrogens (tertiary/aromatic N) is 3. The Balaban J connectivity index is 1.64. The summed E-state index contributed by atoms with van der Waals surface area (Å²) in [4.78, 5) is 45.4. The molecule has 0 bridgehead atoms. The van der Waals surface area contributed by atoms with E-state index in [0.717, 1.165) is 35.3 Å². The molecule has 1 aliphatic heterocycles. The lowest BCUT2D eigenvalue weighted by molar-refractivity contribution is -0.137. The summed E-state index contributed by atoms with van der Waals surface area (Å²) in [5, 5.41) is 12.4. The molecule has 2 N–H and O–H groups in total. The number of aryl methyl sites for hydroxylation is 1. The average molecular weight is 561 g/mol. The molecule has 4 rings (SSSR count). The number of anilines is 2. The predicted octanol–water partition coefficient (Wildman–Crippen LogP) is 5.52. The molecule has 0 saturated carbocycles. The van der Waals surface area contributed by atoms with Crippen LogP contribution in [-0.2, 0) is 20.8 Å². The van der Waals surface area contributed by atoms with E-state index in [-0.39, 0.29) is 18.2 Å². The first-order valence-electron chi connectivity index (χ1n) is 13.1. The van der Waals surface area contributed by atoms with E-state index in [1.165, 1.54) is 0 Å². The summed E-state index contributed by atoms with van der Waals surface area (Å²) in [7, 11) is 5.73. The fourth-order valence-electron chi connectivity index (χ4n) is 4.64. The number of nitrogens with one attached hydrogen (secondary N) is 1. The molecule has 9 heteroatoms. The van der Waals surface area contributed by atoms with Crippen LogP contribution in [0.1, 0.15) is 41.9 Å². The second-order valence-corrected chi connectivity index (χ2v) is 10.6. The van der Waals surface area contributed by atoms with Gasteiger partial charge in [0, 0.05) is 36.3 Å². The van der Waals surface area contributed by atoms with E-state index < -0.39 is 11.9 Å². The SMILES string of the molecule is CN(C)CCCC(=O)N(C)c1ccc(N=C(c2ccc(CCC(=O)O)cc2)C2C(=O)Nc3cc(Cl)ccc32)cc1. The van der Waals surface area contributed by atoms with Gasteiger partial charge in [0.25, 0.3) is 0 Å². The summed E-state index contributed by atoms with van der Waals surface area (Å²) in [5.41, 5.74) is 5.02. The summed E-state index contributed by atoms with van der Waals surface area (Å²) in [6, 6.07) is 20.1. The highest BCUT2D eigenvalue weighted by molar-refractivity contribution is 6.31. The molecule has 208 valence electrons. The van der Waals surface area contributed by atoms with E-state index in [4.69, 9.17) is 21.7 Å². The van der Waals surface area contributed by atoms with Gasteiger partial charge in [-0.15, -0.1) is 0 Å². The molecule has 2 amide bonds. The molecule has 1 aliphatic rings. The van der Waals surface area contributed by atoms with E-state index in [1.54, 1.807) is 24.1 Å². The third kappa shape index (κ3) is 7.14. The first-order chi connectivity index (χ1) is 19.1. The smallest absolute Gasteiger partial charge is 0.303 e. The number of fused-ring (bicyclic) bond motifs is 1. The van der Waals surface area contributed by atoms with Gasteiger partial charge in [0.1, 0.15) is 5.92 Å². The maximum atomic E-state index is 13.2. The molecule has 3 aromatic carbocycles. The molecule has 40 heavy (non-hydrogen) atoms. The van der Waals surface area contributed by atoms with E-state index in [2.05, 4.69) is 10.2 Å². The topological polar surface area (TPSA) is 102 Å².